The van der Waals surface area contributed by atoms with Crippen LogP contribution >= 0.6 is 0 Å². The van der Waals surface area contributed by atoms with Crippen molar-refractivity contribution in [2.75, 3.05) is 18.4 Å². The van der Waals surface area contributed by atoms with E-state index in [1.165, 1.54) is 15.8 Å². The van der Waals surface area contributed by atoms with Crippen molar-refractivity contribution in [2.45, 2.75) is 12.8 Å². The van der Waals surface area contributed by atoms with E-state index in [2.05, 4.69) is 5.32 Å². The molecule has 0 atom stereocenters. The van der Waals surface area contributed by atoms with E-state index in [-0.39, 0.29) is 24.9 Å². The fraction of sp³-hybridized carbons (Fsp3) is 0.238. The molecule has 0 aromatic heterocycles. The Morgan fingerprint density at radius 2 is 1.72 bits per heavy atom. The van der Waals surface area contributed by atoms with E-state index < -0.39 is 15.9 Å². The zero-order valence-electron chi connectivity index (χ0n) is 15.8. The van der Waals surface area contributed by atoms with Gasteiger partial charge in [0.05, 0.1) is 0 Å². The van der Waals surface area contributed by atoms with Gasteiger partial charge < -0.3 is 11.1 Å². The number of sulfonamides is 1. The van der Waals surface area contributed by atoms with Gasteiger partial charge in [-0.1, -0.05) is 36.4 Å². The molecule has 3 N–H and O–H groups in total. The van der Waals surface area contributed by atoms with Crippen molar-refractivity contribution >= 4 is 33.6 Å². The van der Waals surface area contributed by atoms with Gasteiger partial charge in [0.25, 0.3) is 0 Å². The molecule has 0 saturated carbocycles. The SMILES string of the molecule is NC(=O)c1cccc(NC(=O)C2CCN(S(=O)(=O)/C=C/c3ccccc3)CC2)c1. The Kier molecular flexibility index (Phi) is 6.46. The number of anilines is 1. The maximum absolute atomic E-state index is 12.5. The maximum Gasteiger partial charge on any atom is 0.248 e. The van der Waals surface area contributed by atoms with E-state index in [0.717, 1.165) is 5.56 Å². The number of rotatable bonds is 6. The van der Waals surface area contributed by atoms with Crippen molar-refractivity contribution in [3.8, 4) is 0 Å². The van der Waals surface area contributed by atoms with Crippen LogP contribution < -0.4 is 11.1 Å². The van der Waals surface area contributed by atoms with E-state index in [1.807, 2.05) is 30.3 Å². The minimum Gasteiger partial charge on any atom is -0.366 e. The molecule has 0 bridgehead atoms. The van der Waals surface area contributed by atoms with Gasteiger partial charge in [0.15, 0.2) is 0 Å². The van der Waals surface area contributed by atoms with Crippen LogP contribution in [0.2, 0.25) is 0 Å². The first kappa shape index (κ1) is 20.8. The Morgan fingerprint density at radius 1 is 1.03 bits per heavy atom. The molecule has 1 heterocycles. The molecular weight excluding hydrogens is 390 g/mol. The van der Waals surface area contributed by atoms with Crippen LogP contribution in [0.25, 0.3) is 6.08 Å². The molecule has 1 aliphatic rings. The quantitative estimate of drug-likeness (QED) is 0.758. The summed E-state index contributed by atoms with van der Waals surface area (Å²) in [5, 5.41) is 3.98. The molecule has 1 aliphatic heterocycles. The van der Waals surface area contributed by atoms with Crippen LogP contribution in [0.4, 0.5) is 5.69 Å². The first-order valence-electron chi connectivity index (χ1n) is 9.29. The Hall–Kier alpha value is -2.97. The summed E-state index contributed by atoms with van der Waals surface area (Å²) in [6.07, 6.45) is 2.43. The van der Waals surface area contributed by atoms with Crippen molar-refractivity contribution in [1.29, 1.82) is 0 Å². The number of amides is 2. The summed E-state index contributed by atoms with van der Waals surface area (Å²) in [6.45, 7) is 0.557. The Labute approximate surface area is 170 Å². The molecule has 0 radical (unpaired) electrons. The van der Waals surface area contributed by atoms with Gasteiger partial charge in [-0.2, -0.15) is 4.31 Å². The molecule has 3 rings (SSSR count). The Balaban J connectivity index is 1.57. The first-order chi connectivity index (χ1) is 13.8. The largest absolute Gasteiger partial charge is 0.366 e. The number of carbonyl (C=O) groups is 2. The molecule has 29 heavy (non-hydrogen) atoms. The van der Waals surface area contributed by atoms with Gasteiger partial charge in [-0.05, 0) is 42.7 Å². The van der Waals surface area contributed by atoms with Gasteiger partial charge in [-0.25, -0.2) is 8.42 Å². The molecule has 1 fully saturated rings. The molecule has 0 aliphatic carbocycles. The summed E-state index contributed by atoms with van der Waals surface area (Å²) in [6, 6.07) is 15.6. The summed E-state index contributed by atoms with van der Waals surface area (Å²) in [4.78, 5) is 23.8. The number of hydrogen-bond acceptors (Lipinski definition) is 4. The standard InChI is InChI=1S/C21H23N3O4S/c22-20(25)18-7-4-8-19(15-18)23-21(26)17-9-12-24(13-10-17)29(27,28)14-11-16-5-2-1-3-6-16/h1-8,11,14-15,17H,9-10,12-13H2,(H2,22,25)(H,23,26)/b14-11+. The highest BCUT2D eigenvalue weighted by Gasteiger charge is 2.30. The molecule has 2 aromatic carbocycles. The van der Waals surface area contributed by atoms with E-state index in [0.29, 0.717) is 24.1 Å². The van der Waals surface area contributed by atoms with E-state index in [9.17, 15) is 18.0 Å². The lowest BCUT2D eigenvalue weighted by Crippen LogP contribution is -2.40. The molecule has 1 saturated heterocycles. The predicted octanol–water partition coefficient (Wildman–Crippen LogP) is 2.44. The molecule has 7 nitrogen and oxygen atoms in total. The average molecular weight is 413 g/mol. The van der Waals surface area contributed by atoms with Crippen LogP contribution in [0.1, 0.15) is 28.8 Å². The van der Waals surface area contributed by atoms with Crippen molar-refractivity contribution in [2.24, 2.45) is 11.7 Å². The van der Waals surface area contributed by atoms with E-state index in [4.69, 9.17) is 5.73 Å². The number of hydrogen-bond donors (Lipinski definition) is 2. The molecule has 8 heteroatoms. The maximum atomic E-state index is 12.5. The fourth-order valence-electron chi connectivity index (χ4n) is 3.18. The summed E-state index contributed by atoms with van der Waals surface area (Å²) < 4.78 is 26.4. The predicted molar refractivity (Wildman–Crippen MR) is 112 cm³/mol. The topological polar surface area (TPSA) is 110 Å². The molecule has 0 unspecified atom stereocenters. The minimum absolute atomic E-state index is 0.191. The normalized spacial score (nSPS) is 16.0. The third-order valence-electron chi connectivity index (χ3n) is 4.83. The zero-order chi connectivity index (χ0) is 20.9. The fourth-order valence-corrected chi connectivity index (χ4v) is 4.40. The van der Waals surface area contributed by atoms with Crippen LogP contribution in [-0.2, 0) is 14.8 Å². The number of nitrogens with one attached hydrogen (secondary N) is 1. The van der Waals surface area contributed by atoms with Crippen LogP contribution in [0, 0.1) is 5.92 Å². The molecule has 152 valence electrons. The van der Waals surface area contributed by atoms with Crippen molar-refractivity contribution < 1.29 is 18.0 Å². The highest BCUT2D eigenvalue weighted by Crippen LogP contribution is 2.22. The van der Waals surface area contributed by atoms with Gasteiger partial charge in [-0.15, -0.1) is 0 Å². The summed E-state index contributed by atoms with van der Waals surface area (Å²) >= 11 is 0. The highest BCUT2D eigenvalue weighted by atomic mass is 32.2. The zero-order valence-corrected chi connectivity index (χ0v) is 16.6. The van der Waals surface area contributed by atoms with Crippen LogP contribution in [-0.4, -0.2) is 37.6 Å². The van der Waals surface area contributed by atoms with Crippen LogP contribution in [0.15, 0.2) is 60.0 Å². The lowest BCUT2D eigenvalue weighted by atomic mass is 9.97. The first-order valence-corrected chi connectivity index (χ1v) is 10.8. The summed E-state index contributed by atoms with van der Waals surface area (Å²) in [7, 11) is -3.53. The van der Waals surface area contributed by atoms with Gasteiger partial charge in [0.1, 0.15) is 0 Å². The van der Waals surface area contributed by atoms with Crippen molar-refractivity contribution in [3.63, 3.8) is 0 Å². The van der Waals surface area contributed by atoms with Gasteiger partial charge >= 0.3 is 0 Å². The number of piperidine rings is 1. The van der Waals surface area contributed by atoms with Crippen molar-refractivity contribution in [1.82, 2.24) is 4.31 Å². The van der Waals surface area contributed by atoms with Crippen LogP contribution in [0.3, 0.4) is 0 Å². The summed E-state index contributed by atoms with van der Waals surface area (Å²) in [5.41, 5.74) is 6.87. The number of primary amides is 1. The molecular formula is C21H23N3O4S. The lowest BCUT2D eigenvalue weighted by molar-refractivity contribution is -0.120. The Morgan fingerprint density at radius 3 is 2.38 bits per heavy atom. The third kappa shape index (κ3) is 5.52. The van der Waals surface area contributed by atoms with E-state index >= 15 is 0 Å². The van der Waals surface area contributed by atoms with Gasteiger partial charge in [0, 0.05) is 35.7 Å². The van der Waals surface area contributed by atoms with Gasteiger partial charge in [0.2, 0.25) is 21.8 Å². The van der Waals surface area contributed by atoms with Crippen LogP contribution in [0.5, 0.6) is 0 Å². The molecule has 2 aromatic rings. The highest BCUT2D eigenvalue weighted by molar-refractivity contribution is 7.92. The monoisotopic (exact) mass is 413 g/mol. The van der Waals surface area contributed by atoms with E-state index in [1.54, 1.807) is 24.3 Å². The average Bonchev–Trinajstić information content (AvgIpc) is 2.73. The van der Waals surface area contributed by atoms with Crippen molar-refractivity contribution in [3.05, 3.63) is 71.1 Å². The smallest absolute Gasteiger partial charge is 0.248 e. The number of nitrogens with zero attached hydrogens (tertiary/aromatic N) is 1. The number of benzene rings is 2. The number of carbonyl (C=O) groups excluding carboxylic acids is 2. The number of nitrogens with two attached hydrogens (primary N) is 1. The van der Waals surface area contributed by atoms with Gasteiger partial charge in [-0.3, -0.25) is 9.59 Å². The summed E-state index contributed by atoms with van der Waals surface area (Å²) in [5.74, 6) is -1.05. The third-order valence-corrected chi connectivity index (χ3v) is 6.40. The lowest BCUT2D eigenvalue weighted by Gasteiger charge is -2.29. The Bertz CT molecular complexity index is 1010. The molecule has 0 spiro atoms. The second kappa shape index (κ2) is 9.02. The second-order valence-electron chi connectivity index (χ2n) is 6.87. The second-order valence-corrected chi connectivity index (χ2v) is 8.68. The molecule has 2 amide bonds. The minimum atomic E-state index is -3.53.